The molecule has 10 aromatic rings. The molecule has 0 radical (unpaired) electrons. The molecule has 0 saturated carbocycles. The van der Waals surface area contributed by atoms with Crippen molar-refractivity contribution in [1.29, 1.82) is 0 Å². The second kappa shape index (κ2) is 14.3. The Labute approximate surface area is 338 Å². The molecule has 274 valence electrons. The molecule has 0 saturated heterocycles. The summed E-state index contributed by atoms with van der Waals surface area (Å²) in [5.41, 5.74) is 14.6. The summed E-state index contributed by atoms with van der Waals surface area (Å²) in [6.07, 6.45) is 6.86. The van der Waals surface area contributed by atoms with E-state index in [-0.39, 0.29) is 0 Å². The number of benzene rings is 9. The summed E-state index contributed by atoms with van der Waals surface area (Å²) < 4.78 is 2.42. The highest BCUT2D eigenvalue weighted by atomic mass is 15.1. The monoisotopic (exact) mass is 740 g/mol. The summed E-state index contributed by atoms with van der Waals surface area (Å²) in [5.74, 6) is 0. The van der Waals surface area contributed by atoms with Crippen LogP contribution >= 0.6 is 0 Å². The normalized spacial score (nSPS) is 12.9. The Balaban J connectivity index is 1.09. The van der Waals surface area contributed by atoms with Crippen LogP contribution in [-0.2, 0) is 0 Å². The van der Waals surface area contributed by atoms with Gasteiger partial charge in [-0.15, -0.1) is 0 Å². The molecule has 11 rings (SSSR count). The van der Waals surface area contributed by atoms with Gasteiger partial charge in [-0.1, -0.05) is 158 Å². The van der Waals surface area contributed by atoms with Gasteiger partial charge in [0.2, 0.25) is 0 Å². The minimum atomic E-state index is 1.04. The molecule has 2 heteroatoms. The highest BCUT2D eigenvalue weighted by molar-refractivity contribution is 6.23. The van der Waals surface area contributed by atoms with Gasteiger partial charge in [-0.05, 0) is 128 Å². The number of hydrogen-bond acceptors (Lipinski definition) is 1. The Morgan fingerprint density at radius 2 is 1.07 bits per heavy atom. The molecule has 58 heavy (non-hydrogen) atoms. The average molecular weight is 741 g/mol. The van der Waals surface area contributed by atoms with E-state index in [4.69, 9.17) is 0 Å². The summed E-state index contributed by atoms with van der Waals surface area (Å²) in [5, 5.41) is 7.42. The first kappa shape index (κ1) is 33.9. The molecule has 0 spiro atoms. The predicted octanol–water partition coefficient (Wildman–Crippen LogP) is 15.5. The fourth-order valence-corrected chi connectivity index (χ4v) is 9.10. The lowest BCUT2D eigenvalue weighted by Gasteiger charge is -2.27. The molecular formula is C56H40N2. The van der Waals surface area contributed by atoms with Gasteiger partial charge in [-0.25, -0.2) is 0 Å². The summed E-state index contributed by atoms with van der Waals surface area (Å²) in [7, 11) is 0. The molecule has 2 nitrogen and oxygen atoms in total. The lowest BCUT2D eigenvalue weighted by atomic mass is 9.90. The van der Waals surface area contributed by atoms with Crippen LogP contribution in [0.4, 0.5) is 17.1 Å². The maximum Gasteiger partial charge on any atom is 0.0553 e. The quantitative estimate of drug-likeness (QED) is 0.158. The number of anilines is 3. The summed E-state index contributed by atoms with van der Waals surface area (Å²) >= 11 is 0. The Hall–Kier alpha value is -7.42. The number of nitrogens with zero attached hydrogens (tertiary/aromatic N) is 2. The lowest BCUT2D eigenvalue weighted by molar-refractivity contribution is 1.06. The molecular weight excluding hydrogens is 701 g/mol. The van der Waals surface area contributed by atoms with E-state index in [1.54, 1.807) is 0 Å². The van der Waals surface area contributed by atoms with Crippen molar-refractivity contribution in [2.75, 3.05) is 4.90 Å². The van der Waals surface area contributed by atoms with Gasteiger partial charge < -0.3 is 9.47 Å². The molecule has 0 aliphatic heterocycles. The van der Waals surface area contributed by atoms with E-state index in [0.29, 0.717) is 0 Å². The van der Waals surface area contributed by atoms with Gasteiger partial charge in [-0.2, -0.15) is 0 Å². The number of rotatable bonds is 7. The summed E-state index contributed by atoms with van der Waals surface area (Å²) in [6.45, 7) is 0. The molecule has 9 aromatic carbocycles. The van der Waals surface area contributed by atoms with Gasteiger partial charge in [0.1, 0.15) is 0 Å². The van der Waals surface area contributed by atoms with Crippen LogP contribution in [0.2, 0.25) is 0 Å². The van der Waals surface area contributed by atoms with Crippen LogP contribution in [0.15, 0.2) is 218 Å². The molecule has 0 fully saturated rings. The second-order valence-electron chi connectivity index (χ2n) is 15.3. The first-order chi connectivity index (χ1) is 28.8. The highest BCUT2D eigenvalue weighted by Crippen LogP contribution is 2.45. The first-order valence-corrected chi connectivity index (χ1v) is 20.2. The van der Waals surface area contributed by atoms with Crippen molar-refractivity contribution < 1.29 is 0 Å². The van der Waals surface area contributed by atoms with Gasteiger partial charge in [-0.3, -0.25) is 0 Å². The van der Waals surface area contributed by atoms with Gasteiger partial charge in [0, 0.05) is 33.5 Å². The fraction of sp³-hybridized carbons (Fsp3) is 0.0357. The van der Waals surface area contributed by atoms with Crippen LogP contribution in [0.3, 0.4) is 0 Å². The Kier molecular flexibility index (Phi) is 8.33. The van der Waals surface area contributed by atoms with Crippen molar-refractivity contribution in [3.63, 3.8) is 0 Å². The summed E-state index contributed by atoms with van der Waals surface area (Å²) in [4.78, 5) is 2.41. The van der Waals surface area contributed by atoms with E-state index in [9.17, 15) is 0 Å². The van der Waals surface area contributed by atoms with Gasteiger partial charge in [0.05, 0.1) is 11.0 Å². The van der Waals surface area contributed by atoms with Gasteiger partial charge in [0.25, 0.3) is 0 Å². The van der Waals surface area contributed by atoms with Gasteiger partial charge in [0.15, 0.2) is 0 Å². The Morgan fingerprint density at radius 3 is 1.90 bits per heavy atom. The molecule has 0 bridgehead atoms. The molecule has 1 aliphatic carbocycles. The van der Waals surface area contributed by atoms with Crippen molar-refractivity contribution in [2.24, 2.45) is 0 Å². The van der Waals surface area contributed by atoms with Crippen LogP contribution in [0.25, 0.3) is 71.3 Å². The van der Waals surface area contributed by atoms with Crippen molar-refractivity contribution >= 4 is 71.6 Å². The molecule has 1 heterocycles. The lowest BCUT2D eigenvalue weighted by Crippen LogP contribution is -2.10. The molecule has 0 unspecified atom stereocenters. The minimum Gasteiger partial charge on any atom is -0.310 e. The average Bonchev–Trinajstić information content (AvgIpc) is 3.63. The Morgan fingerprint density at radius 1 is 0.414 bits per heavy atom. The number of hydrogen-bond donors (Lipinski definition) is 0. The van der Waals surface area contributed by atoms with E-state index in [2.05, 4.69) is 228 Å². The first-order valence-electron chi connectivity index (χ1n) is 20.2. The van der Waals surface area contributed by atoms with Crippen LogP contribution < -0.4 is 4.90 Å². The van der Waals surface area contributed by atoms with Crippen molar-refractivity contribution in [3.8, 4) is 16.8 Å². The third kappa shape index (κ3) is 5.90. The second-order valence-corrected chi connectivity index (χ2v) is 15.3. The van der Waals surface area contributed by atoms with Gasteiger partial charge >= 0.3 is 0 Å². The largest absolute Gasteiger partial charge is 0.310 e. The summed E-state index contributed by atoms with van der Waals surface area (Å²) in [6, 6.07) is 75.3. The third-order valence-electron chi connectivity index (χ3n) is 11.8. The maximum absolute atomic E-state index is 2.42. The minimum absolute atomic E-state index is 1.04. The van der Waals surface area contributed by atoms with E-state index in [1.807, 2.05) is 0 Å². The van der Waals surface area contributed by atoms with Crippen molar-refractivity contribution in [1.82, 2.24) is 4.57 Å². The molecule has 0 atom stereocenters. The maximum atomic E-state index is 2.42. The number of aromatic nitrogens is 1. The number of para-hydroxylation sites is 2. The van der Waals surface area contributed by atoms with E-state index in [1.165, 1.54) is 76.8 Å². The Bertz CT molecular complexity index is 3200. The van der Waals surface area contributed by atoms with Crippen LogP contribution in [-0.4, -0.2) is 4.57 Å². The molecule has 0 N–H and O–H groups in total. The van der Waals surface area contributed by atoms with E-state index < -0.39 is 0 Å². The fourth-order valence-electron chi connectivity index (χ4n) is 9.10. The molecule has 0 amide bonds. The number of allylic oxidation sites excluding steroid dienone is 4. The zero-order valence-corrected chi connectivity index (χ0v) is 32.1. The van der Waals surface area contributed by atoms with Crippen LogP contribution in [0.5, 0.6) is 0 Å². The third-order valence-corrected chi connectivity index (χ3v) is 11.8. The van der Waals surface area contributed by atoms with Crippen LogP contribution in [0, 0.1) is 0 Å². The zero-order valence-electron chi connectivity index (χ0n) is 32.1. The molecule has 1 aliphatic rings. The smallest absolute Gasteiger partial charge is 0.0553 e. The van der Waals surface area contributed by atoms with E-state index >= 15 is 0 Å². The number of fused-ring (bicyclic) bond motifs is 5. The topological polar surface area (TPSA) is 8.17 Å². The zero-order chi connectivity index (χ0) is 38.4. The standard InChI is InChI=1S/C56H40N2/c1-3-15-39(16-4-1)42-20-13-21-43(35-42)41-29-32-48(33-30-41)57(50-34-31-40-17-7-8-18-44(40)36-50)49-25-14-22-46(37-49)55-51-26-10-9-19-45(51)38-54-56(55)52-27-11-12-28-53(52)58(54)47-23-5-2-6-24-47/h1-12,14-19,21-38H,13,20H2. The van der Waals surface area contributed by atoms with Crippen molar-refractivity contribution in [3.05, 3.63) is 230 Å². The van der Waals surface area contributed by atoms with Crippen LogP contribution in [0.1, 0.15) is 24.0 Å². The molecule has 1 aromatic heterocycles. The highest BCUT2D eigenvalue weighted by Gasteiger charge is 2.21. The SMILES string of the molecule is C1=C(c2ccc(N(c3cccc(-c4c5ccccc5cc5c4c4ccccc4n5-c4ccccc4)c3)c3ccc4ccccc4c3)cc2)C=C(c2ccccc2)CC1. The van der Waals surface area contributed by atoms with E-state index in [0.717, 1.165) is 35.6 Å². The predicted molar refractivity (Wildman–Crippen MR) is 248 cm³/mol. The van der Waals surface area contributed by atoms with Crippen molar-refractivity contribution in [2.45, 2.75) is 12.8 Å².